The van der Waals surface area contributed by atoms with E-state index in [0.29, 0.717) is 0 Å². The average Bonchev–Trinajstić information content (AvgIpc) is 1.85. The van der Waals surface area contributed by atoms with Gasteiger partial charge in [0.05, 0.1) is 0 Å². The Labute approximate surface area is 74.2 Å². The van der Waals surface area contributed by atoms with E-state index in [0.717, 1.165) is 0 Å². The van der Waals surface area contributed by atoms with Crippen LogP contribution in [-0.2, 0) is 11.1 Å². The molecule has 2 N–H and O–H groups in total. The van der Waals surface area contributed by atoms with Crippen molar-refractivity contribution in [1.82, 2.24) is 15.0 Å². The molecule has 0 aliphatic rings. The monoisotopic (exact) mass is 208 g/mol. The minimum atomic E-state index is -2.42. The van der Waals surface area contributed by atoms with Crippen LogP contribution in [0.5, 0.6) is 0 Å². The maximum Gasteiger partial charge on any atom is 0.201 e. The Bertz CT molecular complexity index is 365. The number of hydrogen-bond acceptors (Lipinski definition) is 5. The lowest BCUT2D eigenvalue weighted by molar-refractivity contribution is 0.527. The van der Waals surface area contributed by atoms with Crippen molar-refractivity contribution in [3.63, 3.8) is 0 Å². The first-order valence-electron chi connectivity index (χ1n) is 2.39. The third-order valence-electron chi connectivity index (χ3n) is 0.802. The van der Waals surface area contributed by atoms with Gasteiger partial charge in [0.25, 0.3) is 0 Å². The fraction of sp³-hybridized carbons (Fsp3) is 0. The van der Waals surface area contributed by atoms with Crippen LogP contribution in [-0.4, -0.2) is 23.7 Å². The molecule has 0 saturated carbocycles. The fourth-order valence-electron chi connectivity index (χ4n) is 0.453. The molecule has 1 atom stereocenters. The molecule has 1 aromatic rings. The summed E-state index contributed by atoms with van der Waals surface area (Å²) in [5.41, 5.74) is 0. The van der Waals surface area contributed by atoms with Gasteiger partial charge in [-0.2, -0.15) is 4.98 Å². The van der Waals surface area contributed by atoms with Gasteiger partial charge in [0.2, 0.25) is 4.77 Å². The molecule has 0 fully saturated rings. The van der Waals surface area contributed by atoms with E-state index in [-0.39, 0.29) is 14.7 Å². The van der Waals surface area contributed by atoms with Crippen LogP contribution in [0.1, 0.15) is 0 Å². The first-order valence-corrected chi connectivity index (χ1v) is 4.28. The Hall–Kier alpha value is -0.440. The number of hydrogen-bond donors (Lipinski definition) is 2. The van der Waals surface area contributed by atoms with Gasteiger partial charge in [0.15, 0.2) is 9.93 Å². The van der Waals surface area contributed by atoms with Gasteiger partial charge in [-0.25, -0.2) is 0 Å². The molecule has 1 rings (SSSR count). The molecule has 1 aromatic heterocycles. The summed E-state index contributed by atoms with van der Waals surface area (Å²) in [5, 5.41) is -0.251. The average molecular weight is 208 g/mol. The minimum absolute atomic E-state index is 0.0490. The van der Waals surface area contributed by atoms with Gasteiger partial charge in [-0.1, -0.05) is 0 Å². The van der Waals surface area contributed by atoms with E-state index in [1.165, 1.54) is 0 Å². The van der Waals surface area contributed by atoms with Gasteiger partial charge in [-0.05, 0) is 24.4 Å². The number of rotatable bonds is 1. The molecule has 5 nitrogen and oxygen atoms in total. The molecule has 0 aliphatic heterocycles. The number of nitrogens with one attached hydrogen (secondary N) is 2. The lowest BCUT2D eigenvalue weighted by Gasteiger charge is -2.01. The van der Waals surface area contributed by atoms with Crippen molar-refractivity contribution in [2.75, 3.05) is 0 Å². The van der Waals surface area contributed by atoms with Crippen molar-refractivity contribution >= 4 is 35.5 Å². The van der Waals surface area contributed by atoms with Crippen LogP contribution in [0.25, 0.3) is 0 Å². The summed E-state index contributed by atoms with van der Waals surface area (Å²) in [6.45, 7) is 0. The van der Waals surface area contributed by atoms with E-state index in [4.69, 9.17) is 0 Å². The summed E-state index contributed by atoms with van der Waals surface area (Å²) in [6.07, 6.45) is 0. The molecule has 0 saturated heterocycles. The third kappa shape index (κ3) is 2.26. The van der Waals surface area contributed by atoms with Crippen LogP contribution in [0, 0.1) is 9.54 Å². The summed E-state index contributed by atoms with van der Waals surface area (Å²) in [6, 6.07) is 0. The van der Waals surface area contributed by atoms with Gasteiger partial charge < -0.3 is 14.5 Å². The zero-order chi connectivity index (χ0) is 8.43. The molecule has 0 radical (unpaired) electrons. The molecule has 1 unspecified atom stereocenters. The van der Waals surface area contributed by atoms with E-state index < -0.39 is 11.1 Å². The Kier molecular flexibility index (Phi) is 2.60. The molecule has 0 spiro atoms. The van der Waals surface area contributed by atoms with E-state index in [2.05, 4.69) is 39.4 Å². The highest BCUT2D eigenvalue weighted by Gasteiger charge is 1.92. The number of aromatic nitrogens is 3. The zero-order valence-corrected chi connectivity index (χ0v) is 7.44. The maximum absolute atomic E-state index is 10.3. The van der Waals surface area contributed by atoms with Gasteiger partial charge in [-0.15, -0.1) is 0 Å². The van der Waals surface area contributed by atoms with Crippen molar-refractivity contribution in [3.8, 4) is 0 Å². The molecular formula is C3H2N3O2S3-. The lowest BCUT2D eigenvalue weighted by Crippen LogP contribution is -1.99. The number of nitrogens with zero attached hydrogens (tertiary/aromatic N) is 1. The minimum Gasteiger partial charge on any atom is -0.766 e. The molecule has 0 amide bonds. The molecule has 8 heteroatoms. The quantitative estimate of drug-likeness (QED) is 0.516. The lowest BCUT2D eigenvalue weighted by atomic mass is 11.1. The molecule has 0 aliphatic carbocycles. The predicted molar refractivity (Wildman–Crippen MR) is 41.8 cm³/mol. The molecular weight excluding hydrogens is 206 g/mol. The van der Waals surface area contributed by atoms with Crippen molar-refractivity contribution in [2.45, 2.75) is 5.16 Å². The summed E-state index contributed by atoms with van der Waals surface area (Å²) >= 11 is 6.78. The van der Waals surface area contributed by atoms with Crippen LogP contribution >= 0.6 is 24.4 Å². The Morgan fingerprint density at radius 2 is 2.09 bits per heavy atom. The van der Waals surface area contributed by atoms with Crippen molar-refractivity contribution < 1.29 is 8.76 Å². The maximum atomic E-state index is 10.3. The molecule has 1 heterocycles. The highest BCUT2D eigenvalue weighted by Crippen LogP contribution is 1.92. The molecule has 60 valence electrons. The Morgan fingerprint density at radius 3 is 2.55 bits per heavy atom. The number of aromatic amines is 2. The predicted octanol–water partition coefficient (Wildman–Crippen LogP) is 0.435. The summed E-state index contributed by atoms with van der Waals surface area (Å²) < 4.78 is 20.8. The second kappa shape index (κ2) is 3.30. The SMILES string of the molecule is O=S([O-])c1nc(=S)[nH]c(=S)[nH]1. The second-order valence-electron chi connectivity index (χ2n) is 1.54. The first-order chi connectivity index (χ1) is 5.09. The van der Waals surface area contributed by atoms with E-state index in [9.17, 15) is 8.76 Å². The zero-order valence-electron chi connectivity index (χ0n) is 4.99. The molecule has 0 bridgehead atoms. The highest BCUT2D eigenvalue weighted by atomic mass is 32.2. The van der Waals surface area contributed by atoms with E-state index in [1.54, 1.807) is 0 Å². The summed E-state index contributed by atoms with van der Waals surface area (Å²) in [5.74, 6) is 0. The van der Waals surface area contributed by atoms with Gasteiger partial charge >= 0.3 is 0 Å². The normalized spacial score (nSPS) is 12.8. The Morgan fingerprint density at radius 1 is 1.45 bits per heavy atom. The molecule has 11 heavy (non-hydrogen) atoms. The largest absolute Gasteiger partial charge is 0.766 e. The summed E-state index contributed by atoms with van der Waals surface area (Å²) in [4.78, 5) is 8.23. The first kappa shape index (κ1) is 8.65. The Balaban J connectivity index is 3.42. The van der Waals surface area contributed by atoms with Crippen LogP contribution < -0.4 is 0 Å². The standard InChI is InChI=1S/C3H3N3O2S3/c7-11(8)3-5-1(9)4-2(10)6-3/h(H,7,8)(H2,4,5,6,9,10)/p-1. The van der Waals surface area contributed by atoms with Crippen molar-refractivity contribution in [3.05, 3.63) is 9.54 Å². The van der Waals surface area contributed by atoms with Gasteiger partial charge in [0, 0.05) is 11.1 Å². The van der Waals surface area contributed by atoms with Crippen LogP contribution in [0.15, 0.2) is 5.16 Å². The van der Waals surface area contributed by atoms with E-state index >= 15 is 0 Å². The highest BCUT2D eigenvalue weighted by molar-refractivity contribution is 7.79. The van der Waals surface area contributed by atoms with Crippen molar-refractivity contribution in [2.24, 2.45) is 0 Å². The summed E-state index contributed by atoms with van der Waals surface area (Å²) in [7, 11) is 0. The number of H-pyrrole nitrogens is 2. The van der Waals surface area contributed by atoms with Crippen LogP contribution in [0.3, 0.4) is 0 Å². The molecule has 0 aromatic carbocycles. The smallest absolute Gasteiger partial charge is 0.201 e. The van der Waals surface area contributed by atoms with Crippen molar-refractivity contribution in [1.29, 1.82) is 0 Å². The van der Waals surface area contributed by atoms with Gasteiger partial charge in [0.1, 0.15) is 0 Å². The topological polar surface area (TPSA) is 84.6 Å². The second-order valence-corrected chi connectivity index (χ2v) is 3.19. The third-order valence-corrected chi connectivity index (χ3v) is 1.71. The fourth-order valence-corrected chi connectivity index (χ4v) is 1.38. The van der Waals surface area contributed by atoms with Crippen LogP contribution in [0.2, 0.25) is 0 Å². The van der Waals surface area contributed by atoms with Crippen LogP contribution in [0.4, 0.5) is 0 Å². The van der Waals surface area contributed by atoms with E-state index in [1.807, 2.05) is 0 Å². The van der Waals surface area contributed by atoms with Gasteiger partial charge in [-0.3, -0.25) is 4.21 Å².